The number of halogens is 1. The zero-order valence-corrected chi connectivity index (χ0v) is 21.1. The van der Waals surface area contributed by atoms with Crippen molar-refractivity contribution in [2.24, 2.45) is 0 Å². The normalized spacial score (nSPS) is 16.2. The summed E-state index contributed by atoms with van der Waals surface area (Å²) >= 11 is 6.25. The lowest BCUT2D eigenvalue weighted by Crippen LogP contribution is -2.38. The molecule has 2 aromatic carbocycles. The van der Waals surface area contributed by atoms with Gasteiger partial charge in [-0.2, -0.15) is 4.98 Å². The molecular weight excluding hydrogens is 480 g/mol. The first kappa shape index (κ1) is 24.6. The van der Waals surface area contributed by atoms with Crippen molar-refractivity contribution in [2.75, 3.05) is 79.7 Å². The fourth-order valence-electron chi connectivity index (χ4n) is 4.45. The van der Waals surface area contributed by atoms with Crippen LogP contribution in [0.5, 0.6) is 0 Å². The molecule has 10 heteroatoms. The zero-order valence-electron chi connectivity index (χ0n) is 20.4. The highest BCUT2D eigenvalue weighted by Crippen LogP contribution is 2.31. The van der Waals surface area contributed by atoms with Crippen LogP contribution in [0.25, 0.3) is 0 Å². The average molecular weight is 511 g/mol. The molecule has 0 aliphatic carbocycles. The SMILES string of the molecule is CN(c1cc(Cl)cc(CO)c1)c1ccnc(Nc2cc(N3CCOCC3)cc(N3CCOCC3)c2)n1. The summed E-state index contributed by atoms with van der Waals surface area (Å²) in [6.07, 6.45) is 1.73. The number of aliphatic hydroxyl groups excluding tert-OH is 1. The lowest BCUT2D eigenvalue weighted by molar-refractivity contribution is 0.122. The summed E-state index contributed by atoms with van der Waals surface area (Å²) in [5.41, 5.74) is 4.79. The van der Waals surface area contributed by atoms with Crippen molar-refractivity contribution in [2.45, 2.75) is 6.61 Å². The summed E-state index contributed by atoms with van der Waals surface area (Å²) in [4.78, 5) is 15.8. The number of ether oxygens (including phenoxy) is 2. The van der Waals surface area contributed by atoms with E-state index in [2.05, 4.69) is 38.3 Å². The standard InChI is InChI=1S/C26H31ClN6O3/c1-31(22-13-19(18-34)12-20(27)14-22)25-2-3-28-26(30-25)29-21-15-23(32-4-8-35-9-5-32)17-24(16-21)33-6-10-36-11-7-33/h2-3,12-17,34H,4-11,18H2,1H3,(H,28,29,30). The Morgan fingerprint density at radius 2 is 1.58 bits per heavy atom. The van der Waals surface area contributed by atoms with E-state index in [4.69, 9.17) is 26.1 Å². The van der Waals surface area contributed by atoms with Crippen molar-refractivity contribution in [1.29, 1.82) is 0 Å². The second kappa shape index (κ2) is 11.3. The first-order valence-electron chi connectivity index (χ1n) is 12.1. The number of hydrogen-bond acceptors (Lipinski definition) is 9. The molecule has 2 aliphatic heterocycles. The molecule has 0 amide bonds. The van der Waals surface area contributed by atoms with Crippen LogP contribution < -0.4 is 20.0 Å². The van der Waals surface area contributed by atoms with Crippen molar-refractivity contribution in [1.82, 2.24) is 9.97 Å². The highest BCUT2D eigenvalue weighted by molar-refractivity contribution is 6.31. The highest BCUT2D eigenvalue weighted by atomic mass is 35.5. The first-order valence-corrected chi connectivity index (χ1v) is 12.5. The fraction of sp³-hybridized carbons (Fsp3) is 0.385. The molecule has 2 N–H and O–H groups in total. The van der Waals surface area contributed by atoms with Gasteiger partial charge in [0.25, 0.3) is 0 Å². The van der Waals surface area contributed by atoms with Crippen LogP contribution in [0.15, 0.2) is 48.7 Å². The van der Waals surface area contributed by atoms with Gasteiger partial charge in [-0.3, -0.25) is 0 Å². The van der Waals surface area contributed by atoms with Crippen molar-refractivity contribution in [3.63, 3.8) is 0 Å². The van der Waals surface area contributed by atoms with Crippen LogP contribution in [0.1, 0.15) is 5.56 Å². The number of aromatic nitrogens is 2. The number of nitrogens with one attached hydrogen (secondary N) is 1. The molecule has 2 fully saturated rings. The van der Waals surface area contributed by atoms with Gasteiger partial charge in [0.1, 0.15) is 5.82 Å². The largest absolute Gasteiger partial charge is 0.392 e. The topological polar surface area (TPSA) is 86.2 Å². The van der Waals surface area contributed by atoms with Crippen LogP contribution >= 0.6 is 11.6 Å². The summed E-state index contributed by atoms with van der Waals surface area (Å²) < 4.78 is 11.1. The molecule has 2 saturated heterocycles. The summed E-state index contributed by atoms with van der Waals surface area (Å²) in [7, 11) is 1.91. The number of aliphatic hydroxyl groups is 1. The Hall–Kier alpha value is -3.11. The van der Waals surface area contributed by atoms with Gasteiger partial charge in [0.15, 0.2) is 0 Å². The van der Waals surface area contributed by atoms with E-state index in [-0.39, 0.29) is 6.61 Å². The molecule has 0 saturated carbocycles. The van der Waals surface area contributed by atoms with Gasteiger partial charge in [-0.05, 0) is 48.0 Å². The third kappa shape index (κ3) is 5.82. The minimum Gasteiger partial charge on any atom is -0.392 e. The van der Waals surface area contributed by atoms with E-state index in [1.807, 2.05) is 30.1 Å². The fourth-order valence-corrected chi connectivity index (χ4v) is 4.70. The van der Waals surface area contributed by atoms with Gasteiger partial charge < -0.3 is 34.6 Å². The smallest absolute Gasteiger partial charge is 0.229 e. The molecule has 0 spiro atoms. The maximum absolute atomic E-state index is 9.55. The Morgan fingerprint density at radius 3 is 2.19 bits per heavy atom. The molecular formula is C26H31ClN6O3. The van der Waals surface area contributed by atoms with E-state index in [1.54, 1.807) is 12.3 Å². The zero-order chi connectivity index (χ0) is 24.9. The van der Waals surface area contributed by atoms with Crippen LogP contribution in [-0.4, -0.2) is 74.7 Å². The molecule has 5 rings (SSSR count). The van der Waals surface area contributed by atoms with Crippen molar-refractivity contribution in [3.8, 4) is 0 Å². The van der Waals surface area contributed by atoms with Crippen LogP contribution in [0.4, 0.5) is 34.5 Å². The second-order valence-corrected chi connectivity index (χ2v) is 9.27. The Kier molecular flexibility index (Phi) is 7.72. The predicted molar refractivity (Wildman–Crippen MR) is 143 cm³/mol. The molecule has 2 aliphatic rings. The van der Waals surface area contributed by atoms with E-state index >= 15 is 0 Å². The summed E-state index contributed by atoms with van der Waals surface area (Å²) in [6.45, 7) is 6.26. The summed E-state index contributed by atoms with van der Waals surface area (Å²) in [6, 6.07) is 13.8. The minimum atomic E-state index is -0.0804. The molecule has 3 heterocycles. The number of anilines is 6. The van der Waals surface area contributed by atoms with Crippen LogP contribution in [0.2, 0.25) is 5.02 Å². The van der Waals surface area contributed by atoms with Crippen LogP contribution in [-0.2, 0) is 16.1 Å². The summed E-state index contributed by atoms with van der Waals surface area (Å²) in [5, 5.41) is 13.5. The Labute approximate surface area is 216 Å². The van der Waals surface area contributed by atoms with E-state index in [0.29, 0.717) is 16.8 Å². The lowest BCUT2D eigenvalue weighted by Gasteiger charge is -2.33. The van der Waals surface area contributed by atoms with Crippen LogP contribution in [0.3, 0.4) is 0 Å². The number of benzene rings is 2. The van der Waals surface area contributed by atoms with Crippen molar-refractivity contribution < 1.29 is 14.6 Å². The quantitative estimate of drug-likeness (QED) is 0.492. The molecule has 9 nitrogen and oxygen atoms in total. The van der Waals surface area contributed by atoms with Gasteiger partial charge in [0, 0.05) is 67.2 Å². The highest BCUT2D eigenvalue weighted by Gasteiger charge is 2.18. The average Bonchev–Trinajstić information content (AvgIpc) is 2.93. The number of nitrogens with zero attached hydrogens (tertiary/aromatic N) is 5. The van der Waals surface area contributed by atoms with E-state index in [1.165, 1.54) is 0 Å². The number of rotatable bonds is 7. The first-order chi connectivity index (χ1) is 17.6. The maximum atomic E-state index is 9.55. The minimum absolute atomic E-state index is 0.0804. The molecule has 0 radical (unpaired) electrons. The van der Waals surface area contributed by atoms with Gasteiger partial charge >= 0.3 is 0 Å². The lowest BCUT2D eigenvalue weighted by atomic mass is 10.2. The van der Waals surface area contributed by atoms with E-state index < -0.39 is 0 Å². The maximum Gasteiger partial charge on any atom is 0.229 e. The third-order valence-electron chi connectivity index (χ3n) is 6.41. The van der Waals surface area contributed by atoms with E-state index in [9.17, 15) is 5.11 Å². The van der Waals surface area contributed by atoms with Crippen LogP contribution in [0, 0.1) is 0 Å². The molecule has 0 bridgehead atoms. The molecule has 3 aromatic rings. The van der Waals surface area contributed by atoms with Gasteiger partial charge in [-0.1, -0.05) is 11.6 Å². The molecule has 0 unspecified atom stereocenters. The monoisotopic (exact) mass is 510 g/mol. The number of hydrogen-bond donors (Lipinski definition) is 2. The molecule has 1 aromatic heterocycles. The predicted octanol–water partition coefficient (Wildman–Crippen LogP) is 3.81. The molecule has 190 valence electrons. The van der Waals surface area contributed by atoms with Crippen molar-refractivity contribution >= 4 is 46.1 Å². The number of morpholine rings is 2. The van der Waals surface area contributed by atoms with Gasteiger partial charge in [-0.25, -0.2) is 4.98 Å². The second-order valence-electron chi connectivity index (χ2n) is 8.84. The van der Waals surface area contributed by atoms with Gasteiger partial charge in [0.2, 0.25) is 5.95 Å². The van der Waals surface area contributed by atoms with Gasteiger partial charge in [-0.15, -0.1) is 0 Å². The Bertz CT molecular complexity index is 1150. The molecule has 0 atom stereocenters. The Balaban J connectivity index is 1.42. The Morgan fingerprint density at radius 1 is 0.944 bits per heavy atom. The van der Waals surface area contributed by atoms with E-state index in [0.717, 1.165) is 80.9 Å². The van der Waals surface area contributed by atoms with Crippen molar-refractivity contribution in [3.05, 3.63) is 59.2 Å². The van der Waals surface area contributed by atoms with Gasteiger partial charge in [0.05, 0.1) is 33.0 Å². The molecule has 36 heavy (non-hydrogen) atoms. The third-order valence-corrected chi connectivity index (χ3v) is 6.63. The summed E-state index contributed by atoms with van der Waals surface area (Å²) in [5.74, 6) is 1.20.